The van der Waals surface area contributed by atoms with E-state index in [4.69, 9.17) is 8.83 Å². The fraction of sp³-hybridized carbons (Fsp3) is 0. The van der Waals surface area contributed by atoms with Crippen molar-refractivity contribution in [3.05, 3.63) is 164 Å². The zero-order valence-electron chi connectivity index (χ0n) is 26.8. The Morgan fingerprint density at radius 3 is 2.00 bits per heavy atom. The summed E-state index contributed by atoms with van der Waals surface area (Å²) in [6.07, 6.45) is 0. The molecule has 0 fully saturated rings. The highest BCUT2D eigenvalue weighted by Crippen LogP contribution is 2.48. The molecule has 3 heterocycles. The lowest BCUT2D eigenvalue weighted by Gasteiger charge is -2.26. The lowest BCUT2D eigenvalue weighted by Crippen LogP contribution is -2.09. The molecule has 3 aromatic heterocycles. The van der Waals surface area contributed by atoms with Crippen LogP contribution in [0.2, 0.25) is 0 Å². The number of thiophene rings is 1. The predicted octanol–water partition coefficient (Wildman–Crippen LogP) is 14.1. The van der Waals surface area contributed by atoms with Crippen molar-refractivity contribution >= 4 is 103 Å². The smallest absolute Gasteiger partial charge is 0.144 e. The van der Waals surface area contributed by atoms with E-state index in [9.17, 15) is 0 Å². The van der Waals surface area contributed by atoms with Gasteiger partial charge in [-0.05, 0) is 83.2 Å². The second kappa shape index (κ2) is 10.6. The van der Waals surface area contributed by atoms with E-state index >= 15 is 0 Å². The molecule has 0 bridgehead atoms. The molecular formula is C46H27NO2S. The van der Waals surface area contributed by atoms with Crippen molar-refractivity contribution in [1.29, 1.82) is 0 Å². The van der Waals surface area contributed by atoms with Gasteiger partial charge in [0.25, 0.3) is 0 Å². The zero-order chi connectivity index (χ0) is 32.8. The van der Waals surface area contributed by atoms with Gasteiger partial charge < -0.3 is 13.7 Å². The number of rotatable bonds is 4. The lowest BCUT2D eigenvalue weighted by atomic mass is 10.0. The molecule has 50 heavy (non-hydrogen) atoms. The first kappa shape index (κ1) is 27.6. The molecule has 0 N–H and O–H groups in total. The van der Waals surface area contributed by atoms with Crippen LogP contribution in [0, 0.1) is 0 Å². The summed E-state index contributed by atoms with van der Waals surface area (Å²) in [5.41, 5.74) is 9.33. The third-order valence-electron chi connectivity index (χ3n) is 10.1. The Labute approximate surface area is 290 Å². The van der Waals surface area contributed by atoms with Crippen LogP contribution in [0.15, 0.2) is 173 Å². The van der Waals surface area contributed by atoms with E-state index < -0.39 is 0 Å². The maximum atomic E-state index is 6.80. The van der Waals surface area contributed by atoms with Gasteiger partial charge >= 0.3 is 0 Å². The minimum Gasteiger partial charge on any atom is -0.456 e. The van der Waals surface area contributed by atoms with Crippen molar-refractivity contribution in [2.75, 3.05) is 4.90 Å². The Morgan fingerprint density at radius 2 is 1.10 bits per heavy atom. The standard InChI is InChI=1S/C46H27NO2S/c1-2-10-31(11-3-1)47(32-21-17-28(18-22-32)30-20-23-35-34-13-6-7-16-40(34)48-41(35)27-30)39-15-8-14-38-43-42(50-46(38)39)26-25-37-36-24-19-29-9-4-5-12-33(29)44(36)49-45(37)43/h1-27H. The fourth-order valence-corrected chi connectivity index (χ4v) is 8.92. The van der Waals surface area contributed by atoms with Gasteiger partial charge in [-0.15, -0.1) is 11.3 Å². The molecule has 0 saturated heterocycles. The van der Waals surface area contributed by atoms with E-state index in [-0.39, 0.29) is 0 Å². The molecule has 0 amide bonds. The van der Waals surface area contributed by atoms with Crippen molar-refractivity contribution < 1.29 is 8.83 Å². The monoisotopic (exact) mass is 657 g/mol. The van der Waals surface area contributed by atoms with Gasteiger partial charge in [-0.1, -0.05) is 97.1 Å². The topological polar surface area (TPSA) is 29.5 Å². The molecule has 234 valence electrons. The maximum absolute atomic E-state index is 6.80. The van der Waals surface area contributed by atoms with Crippen molar-refractivity contribution in [2.45, 2.75) is 0 Å². The third-order valence-corrected chi connectivity index (χ3v) is 11.3. The summed E-state index contributed by atoms with van der Waals surface area (Å²) < 4.78 is 15.4. The number of fused-ring (bicyclic) bond motifs is 12. The van der Waals surface area contributed by atoms with Crippen molar-refractivity contribution in [3.63, 3.8) is 0 Å². The minimum absolute atomic E-state index is 0.905. The number of hydrogen-bond acceptors (Lipinski definition) is 4. The highest BCUT2D eigenvalue weighted by atomic mass is 32.1. The average Bonchev–Trinajstić information content (AvgIpc) is 3.87. The maximum Gasteiger partial charge on any atom is 0.144 e. The Bertz CT molecular complexity index is 3090. The first-order chi connectivity index (χ1) is 24.8. The molecule has 4 heteroatoms. The second-order valence-corrected chi connectivity index (χ2v) is 13.9. The van der Waals surface area contributed by atoms with Gasteiger partial charge in [0.1, 0.15) is 22.3 Å². The van der Waals surface area contributed by atoms with E-state index in [1.54, 1.807) is 0 Å². The van der Waals surface area contributed by atoms with Crippen LogP contribution >= 0.6 is 11.3 Å². The van der Waals surface area contributed by atoms with E-state index in [1.807, 2.05) is 23.5 Å². The highest BCUT2D eigenvalue weighted by molar-refractivity contribution is 7.26. The minimum atomic E-state index is 0.905. The summed E-state index contributed by atoms with van der Waals surface area (Å²) in [4.78, 5) is 2.37. The highest BCUT2D eigenvalue weighted by Gasteiger charge is 2.21. The molecule has 8 aromatic carbocycles. The van der Waals surface area contributed by atoms with Gasteiger partial charge in [0, 0.05) is 53.8 Å². The lowest BCUT2D eigenvalue weighted by molar-refractivity contribution is 0.669. The average molecular weight is 658 g/mol. The van der Waals surface area contributed by atoms with Crippen LogP contribution < -0.4 is 4.90 Å². The SMILES string of the molecule is c1ccc(N(c2ccc(-c3ccc4c(c3)oc3ccccc34)cc2)c2cccc3c2sc2ccc4c5ccc6ccccc6c5oc4c23)cc1. The molecule has 0 aliphatic rings. The van der Waals surface area contributed by atoms with Crippen molar-refractivity contribution in [2.24, 2.45) is 0 Å². The van der Waals surface area contributed by atoms with E-state index in [2.05, 4.69) is 157 Å². The molecule has 0 saturated carbocycles. The van der Waals surface area contributed by atoms with Crippen LogP contribution in [0.1, 0.15) is 0 Å². The van der Waals surface area contributed by atoms with Gasteiger partial charge in [0.05, 0.1) is 10.4 Å². The van der Waals surface area contributed by atoms with E-state index in [0.29, 0.717) is 0 Å². The third kappa shape index (κ3) is 4.03. The number of anilines is 3. The predicted molar refractivity (Wildman–Crippen MR) is 212 cm³/mol. The largest absolute Gasteiger partial charge is 0.456 e. The molecule has 0 radical (unpaired) electrons. The van der Waals surface area contributed by atoms with Gasteiger partial charge in [0.15, 0.2) is 0 Å². The van der Waals surface area contributed by atoms with Crippen LogP contribution in [0.3, 0.4) is 0 Å². The normalized spacial score (nSPS) is 12.0. The quantitative estimate of drug-likeness (QED) is 0.189. The van der Waals surface area contributed by atoms with Crippen molar-refractivity contribution in [1.82, 2.24) is 0 Å². The van der Waals surface area contributed by atoms with Crippen LogP contribution in [-0.2, 0) is 0 Å². The molecule has 0 spiro atoms. The summed E-state index contributed by atoms with van der Waals surface area (Å²) in [7, 11) is 0. The summed E-state index contributed by atoms with van der Waals surface area (Å²) in [6.45, 7) is 0. The van der Waals surface area contributed by atoms with Crippen LogP contribution in [0.25, 0.3) is 85.9 Å². The molecular weight excluding hydrogens is 631 g/mol. The number of furan rings is 2. The number of benzene rings is 8. The number of nitrogens with zero attached hydrogens (tertiary/aromatic N) is 1. The molecule has 0 atom stereocenters. The number of hydrogen-bond donors (Lipinski definition) is 0. The van der Waals surface area contributed by atoms with Gasteiger partial charge in [-0.2, -0.15) is 0 Å². The molecule has 11 aromatic rings. The van der Waals surface area contributed by atoms with Crippen LogP contribution in [-0.4, -0.2) is 0 Å². The molecule has 0 unspecified atom stereocenters. The van der Waals surface area contributed by atoms with E-state index in [1.165, 1.54) is 25.6 Å². The Kier molecular flexibility index (Phi) is 5.83. The molecule has 11 rings (SSSR count). The summed E-state index contributed by atoms with van der Waals surface area (Å²) in [5.74, 6) is 0. The van der Waals surface area contributed by atoms with Crippen LogP contribution in [0.4, 0.5) is 17.1 Å². The van der Waals surface area contributed by atoms with Gasteiger partial charge in [0.2, 0.25) is 0 Å². The second-order valence-electron chi connectivity index (χ2n) is 12.9. The summed E-state index contributed by atoms with van der Waals surface area (Å²) in [5, 5.41) is 9.30. The fourth-order valence-electron chi connectivity index (χ4n) is 7.72. The molecule has 0 aliphatic carbocycles. The molecule has 0 aliphatic heterocycles. The Morgan fingerprint density at radius 1 is 0.420 bits per heavy atom. The van der Waals surface area contributed by atoms with Gasteiger partial charge in [-0.25, -0.2) is 0 Å². The summed E-state index contributed by atoms with van der Waals surface area (Å²) in [6, 6.07) is 58.2. The Balaban J connectivity index is 1.07. The van der Waals surface area contributed by atoms with Crippen molar-refractivity contribution in [3.8, 4) is 11.1 Å². The molecule has 3 nitrogen and oxygen atoms in total. The van der Waals surface area contributed by atoms with E-state index in [0.717, 1.165) is 77.5 Å². The van der Waals surface area contributed by atoms with Crippen LogP contribution in [0.5, 0.6) is 0 Å². The zero-order valence-corrected chi connectivity index (χ0v) is 27.6. The van der Waals surface area contributed by atoms with Gasteiger partial charge in [-0.3, -0.25) is 0 Å². The first-order valence-corrected chi connectivity index (χ1v) is 17.7. The Hall–Kier alpha value is -6.36. The number of para-hydroxylation sites is 2. The first-order valence-electron chi connectivity index (χ1n) is 16.8. The summed E-state index contributed by atoms with van der Waals surface area (Å²) >= 11 is 1.82.